The predicted octanol–water partition coefficient (Wildman–Crippen LogP) is 3.77. The molecule has 0 aromatic heterocycles. The zero-order valence-electron chi connectivity index (χ0n) is 9.35. The fraction of sp³-hybridized carbons (Fsp3) is 0.500. The van der Waals surface area contributed by atoms with Gasteiger partial charge in [0.15, 0.2) is 0 Å². The molecule has 0 N–H and O–H groups in total. The number of hydrogen-bond donors (Lipinski definition) is 0. The molecule has 2 rings (SSSR count). The van der Waals surface area contributed by atoms with Crippen LogP contribution in [0.5, 0.6) is 5.75 Å². The first-order valence-electron chi connectivity index (χ1n) is 5.22. The summed E-state index contributed by atoms with van der Waals surface area (Å²) < 4.78 is 12.2. The second kappa shape index (κ2) is 5.07. The summed E-state index contributed by atoms with van der Waals surface area (Å²) in [4.78, 5) is 0.230. The monoisotopic (exact) mass is 348 g/mol. The van der Waals surface area contributed by atoms with Gasteiger partial charge < -0.3 is 9.47 Å². The maximum Gasteiger partial charge on any atom is 0.122 e. The highest BCUT2D eigenvalue weighted by molar-refractivity contribution is 9.11. The molecule has 1 atom stereocenters. The molecule has 0 fully saturated rings. The van der Waals surface area contributed by atoms with Gasteiger partial charge >= 0.3 is 0 Å². The van der Waals surface area contributed by atoms with Gasteiger partial charge in [0.1, 0.15) is 5.75 Å². The summed E-state index contributed by atoms with van der Waals surface area (Å²) >= 11 is 7.34. The lowest BCUT2D eigenvalue weighted by atomic mass is 9.99. The summed E-state index contributed by atoms with van der Waals surface area (Å²) in [6.07, 6.45) is 0.902. The van der Waals surface area contributed by atoms with Crippen molar-refractivity contribution in [2.24, 2.45) is 0 Å². The number of aryl methyl sites for hydroxylation is 1. The normalized spacial score (nSPS) is 20.1. The van der Waals surface area contributed by atoms with Crippen molar-refractivity contribution in [1.29, 1.82) is 0 Å². The fourth-order valence-electron chi connectivity index (χ4n) is 2.04. The number of hydrogen-bond acceptors (Lipinski definition) is 2. The highest BCUT2D eigenvalue weighted by Crippen LogP contribution is 2.41. The van der Waals surface area contributed by atoms with Crippen LogP contribution in [0.4, 0.5) is 0 Å². The largest absolute Gasteiger partial charge is 0.496 e. The first-order valence-corrected chi connectivity index (χ1v) is 6.93. The maximum absolute atomic E-state index is 5.56. The van der Waals surface area contributed by atoms with Gasteiger partial charge in [0, 0.05) is 10.0 Å². The van der Waals surface area contributed by atoms with Gasteiger partial charge in [-0.1, -0.05) is 31.9 Å². The Morgan fingerprint density at radius 2 is 2.25 bits per heavy atom. The lowest BCUT2D eigenvalue weighted by molar-refractivity contribution is 0.145. The molecule has 0 spiro atoms. The number of halogens is 2. The van der Waals surface area contributed by atoms with Gasteiger partial charge in [0.05, 0.1) is 25.2 Å². The van der Waals surface area contributed by atoms with E-state index in [1.54, 1.807) is 7.11 Å². The molecule has 0 bridgehead atoms. The first-order chi connectivity index (χ1) is 7.65. The van der Waals surface area contributed by atoms with Gasteiger partial charge in [0.25, 0.3) is 0 Å². The van der Waals surface area contributed by atoms with E-state index >= 15 is 0 Å². The summed E-state index contributed by atoms with van der Waals surface area (Å²) in [7, 11) is 1.72. The van der Waals surface area contributed by atoms with Crippen molar-refractivity contribution in [2.45, 2.75) is 18.2 Å². The molecule has 0 aliphatic carbocycles. The zero-order chi connectivity index (χ0) is 11.7. The van der Waals surface area contributed by atoms with Crippen LogP contribution in [0.15, 0.2) is 10.5 Å². The minimum absolute atomic E-state index is 0.230. The smallest absolute Gasteiger partial charge is 0.122 e. The Morgan fingerprint density at radius 3 is 2.94 bits per heavy atom. The van der Waals surface area contributed by atoms with Gasteiger partial charge in [0.2, 0.25) is 0 Å². The topological polar surface area (TPSA) is 18.5 Å². The third-order valence-corrected chi connectivity index (χ3v) is 4.62. The molecule has 88 valence electrons. The quantitative estimate of drug-likeness (QED) is 0.718. The summed E-state index contributed by atoms with van der Waals surface area (Å²) in [5.74, 6) is 0.964. The van der Waals surface area contributed by atoms with Crippen LogP contribution in [0.1, 0.15) is 21.5 Å². The number of fused-ring (bicyclic) bond motifs is 1. The third kappa shape index (κ3) is 2.15. The third-order valence-electron chi connectivity index (χ3n) is 2.85. The van der Waals surface area contributed by atoms with E-state index in [0.717, 1.165) is 23.2 Å². The Morgan fingerprint density at radius 1 is 1.50 bits per heavy atom. The van der Waals surface area contributed by atoms with Gasteiger partial charge in [-0.3, -0.25) is 0 Å². The van der Waals surface area contributed by atoms with Crippen LogP contribution in [-0.2, 0) is 11.2 Å². The molecule has 1 aromatic carbocycles. The number of methoxy groups -OCH3 is 1. The molecule has 16 heavy (non-hydrogen) atoms. The second-order valence-electron chi connectivity index (χ2n) is 3.89. The molecular weight excluding hydrogens is 336 g/mol. The van der Waals surface area contributed by atoms with E-state index in [9.17, 15) is 0 Å². The number of ether oxygens (including phenoxy) is 2. The fourth-order valence-corrected chi connectivity index (χ4v) is 3.67. The van der Waals surface area contributed by atoms with E-state index in [1.807, 2.05) is 0 Å². The number of rotatable bonds is 1. The van der Waals surface area contributed by atoms with Crippen LogP contribution < -0.4 is 4.74 Å². The summed E-state index contributed by atoms with van der Waals surface area (Å²) in [6, 6.07) is 2.08. The molecule has 1 unspecified atom stereocenters. The summed E-state index contributed by atoms with van der Waals surface area (Å²) in [6.45, 7) is 3.54. The van der Waals surface area contributed by atoms with Crippen molar-refractivity contribution in [2.75, 3.05) is 20.3 Å². The number of alkyl halides is 1. The van der Waals surface area contributed by atoms with Crippen LogP contribution in [0.2, 0.25) is 0 Å². The molecule has 0 radical (unpaired) electrons. The van der Waals surface area contributed by atoms with Gasteiger partial charge in [-0.25, -0.2) is 0 Å². The Hall–Kier alpha value is -0.0600. The Labute approximate surface area is 113 Å². The van der Waals surface area contributed by atoms with Crippen molar-refractivity contribution >= 4 is 31.9 Å². The van der Waals surface area contributed by atoms with Crippen LogP contribution in [0.3, 0.4) is 0 Å². The van der Waals surface area contributed by atoms with Crippen molar-refractivity contribution in [1.82, 2.24) is 0 Å². The molecule has 2 nitrogen and oxygen atoms in total. The summed E-state index contributed by atoms with van der Waals surface area (Å²) in [5, 5.41) is 0. The minimum atomic E-state index is 0.230. The summed E-state index contributed by atoms with van der Waals surface area (Å²) in [5.41, 5.74) is 3.72. The van der Waals surface area contributed by atoms with E-state index in [2.05, 4.69) is 44.8 Å². The molecule has 4 heteroatoms. The maximum atomic E-state index is 5.56. The van der Waals surface area contributed by atoms with E-state index in [4.69, 9.17) is 9.47 Å². The average Bonchev–Trinajstić information content (AvgIpc) is 2.46. The highest BCUT2D eigenvalue weighted by Gasteiger charge is 2.23. The second-order valence-corrected chi connectivity index (χ2v) is 5.79. The Kier molecular flexibility index (Phi) is 3.93. The van der Waals surface area contributed by atoms with Gasteiger partial charge in [-0.05, 0) is 30.5 Å². The standard InChI is InChI=1S/C12H14Br2O2/c1-7-5-10(15-2)8-3-4-16-6-9(13)11(8)12(7)14/h5,9H,3-4,6H2,1-2H3. The van der Waals surface area contributed by atoms with Crippen LogP contribution in [-0.4, -0.2) is 20.3 Å². The van der Waals surface area contributed by atoms with Crippen molar-refractivity contribution < 1.29 is 9.47 Å². The lowest BCUT2D eigenvalue weighted by Crippen LogP contribution is -2.02. The van der Waals surface area contributed by atoms with Gasteiger partial charge in [-0.15, -0.1) is 0 Å². The van der Waals surface area contributed by atoms with Crippen molar-refractivity contribution in [3.05, 3.63) is 27.2 Å². The van der Waals surface area contributed by atoms with Crippen LogP contribution >= 0.6 is 31.9 Å². The molecule has 1 aliphatic rings. The van der Waals surface area contributed by atoms with Crippen molar-refractivity contribution in [3.63, 3.8) is 0 Å². The van der Waals surface area contributed by atoms with Crippen LogP contribution in [0, 0.1) is 6.92 Å². The number of benzene rings is 1. The molecule has 0 amide bonds. The van der Waals surface area contributed by atoms with E-state index in [-0.39, 0.29) is 4.83 Å². The molecule has 1 aliphatic heterocycles. The highest BCUT2D eigenvalue weighted by atomic mass is 79.9. The molecule has 0 saturated carbocycles. The first kappa shape index (κ1) is 12.4. The average molecular weight is 350 g/mol. The molecule has 1 aromatic rings. The predicted molar refractivity (Wildman–Crippen MR) is 71.6 cm³/mol. The van der Waals surface area contributed by atoms with E-state index in [1.165, 1.54) is 16.7 Å². The molecular formula is C12H14Br2O2. The molecule has 1 heterocycles. The molecule has 0 saturated heterocycles. The lowest BCUT2D eigenvalue weighted by Gasteiger charge is -2.17. The zero-order valence-corrected chi connectivity index (χ0v) is 12.5. The SMILES string of the molecule is COc1cc(C)c(Br)c2c1CCOCC2Br. The van der Waals surface area contributed by atoms with Gasteiger partial charge in [-0.2, -0.15) is 0 Å². The van der Waals surface area contributed by atoms with Crippen molar-refractivity contribution in [3.8, 4) is 5.75 Å². The minimum Gasteiger partial charge on any atom is -0.496 e. The van der Waals surface area contributed by atoms with E-state index < -0.39 is 0 Å². The Bertz CT molecular complexity index is 404. The Balaban J connectivity index is 2.63. The van der Waals surface area contributed by atoms with E-state index in [0.29, 0.717) is 6.61 Å². The van der Waals surface area contributed by atoms with Crippen LogP contribution in [0.25, 0.3) is 0 Å².